The van der Waals surface area contributed by atoms with Crippen LogP contribution in [0.25, 0.3) is 43.6 Å². The number of halogens is 1. The SMILES string of the molecule is C.C.C.C.C.C.C.C.CC(C)(C)CCCCNC(=O)OCC[N+](C)(C)C.CC(C)(C)Cc1c[nH]c2ccc(Br)cc12.CC(C)(C)Cc1c[nH]c2ccc(N)cc12.CC(C)(C)Cc1c[nH]c2ccc(O)cc12.CC(C)(C)Cc1ccc(OCCCC[N+](C)(C)C)cc1.CC(C)(C)Cc1ccc(OCCCN)cc1.CNCCCOc1ccc(CC(C)(C)C)cc1.Cc1ccc2[nH]cc(CC(C)(C)C)c2c1. The molecule has 11 rings (SSSR count). The monoisotopic (exact) mass is 1990 g/mol. The van der Waals surface area contributed by atoms with Gasteiger partial charge in [-0.2, -0.15) is 0 Å². The highest BCUT2D eigenvalue weighted by Gasteiger charge is 2.21. The maximum Gasteiger partial charge on any atom is 0.407 e. The van der Waals surface area contributed by atoms with E-state index in [0.29, 0.717) is 70.0 Å². The van der Waals surface area contributed by atoms with Crippen molar-refractivity contribution in [2.24, 2.45) is 49.1 Å². The van der Waals surface area contributed by atoms with Gasteiger partial charge in [0.2, 0.25) is 0 Å². The molecule has 792 valence electrons. The number of quaternary nitrogens is 2. The van der Waals surface area contributed by atoms with Gasteiger partial charge in [0.15, 0.2) is 0 Å². The Bertz CT molecular complexity index is 4650. The second-order valence-corrected chi connectivity index (χ2v) is 48.5. The summed E-state index contributed by atoms with van der Waals surface area (Å²) in [4.78, 5) is 24.5. The lowest BCUT2D eigenvalue weighted by atomic mass is 9.88. The average molecular weight is 2000 g/mol. The molecule has 16 nitrogen and oxygen atoms in total. The number of aromatic hydroxyl groups is 1. The first-order valence-electron chi connectivity index (χ1n) is 48.1. The normalized spacial score (nSPS) is 11.4. The quantitative estimate of drug-likeness (QED) is 0.0124. The van der Waals surface area contributed by atoms with Crippen molar-refractivity contribution in [1.82, 2.24) is 30.6 Å². The molecule has 11 N–H and O–H groups in total. The number of likely N-dealkylation sites (N-methyl/N-ethyl adjacent to an activating group) is 1. The summed E-state index contributed by atoms with van der Waals surface area (Å²) in [5.74, 6) is 3.23. The highest BCUT2D eigenvalue weighted by molar-refractivity contribution is 9.10. The van der Waals surface area contributed by atoms with E-state index in [1.807, 2.05) is 55.7 Å². The van der Waals surface area contributed by atoms with Gasteiger partial charge in [0.05, 0.1) is 68.7 Å². The third-order valence-corrected chi connectivity index (χ3v) is 21.1. The number of anilines is 1. The van der Waals surface area contributed by atoms with Gasteiger partial charge >= 0.3 is 6.09 Å². The maximum absolute atomic E-state index is 11.3. The lowest BCUT2D eigenvalue weighted by Gasteiger charge is -2.23. The molecule has 0 radical (unpaired) electrons. The largest absolute Gasteiger partial charge is 0.508 e. The van der Waals surface area contributed by atoms with Crippen molar-refractivity contribution in [1.29, 1.82) is 0 Å². The summed E-state index contributed by atoms with van der Waals surface area (Å²) in [7, 11) is 14.9. The second-order valence-electron chi connectivity index (χ2n) is 47.6. The van der Waals surface area contributed by atoms with E-state index in [1.165, 1.54) is 96.6 Å². The molecular weight excluding hydrogens is 1780 g/mol. The summed E-state index contributed by atoms with van der Waals surface area (Å²) in [5, 5.41) is 20.4. The number of nitrogens with zero attached hydrogens (tertiary/aromatic N) is 2. The Hall–Kier alpha value is -8.71. The van der Waals surface area contributed by atoms with Crippen LogP contribution in [0.2, 0.25) is 0 Å². The molecule has 1 amide bonds. The van der Waals surface area contributed by atoms with E-state index in [1.54, 1.807) is 6.07 Å². The van der Waals surface area contributed by atoms with Gasteiger partial charge in [-0.05, 0) is 296 Å². The van der Waals surface area contributed by atoms with Crippen molar-refractivity contribution >= 4 is 71.3 Å². The van der Waals surface area contributed by atoms with Crippen LogP contribution in [0.1, 0.15) is 315 Å². The van der Waals surface area contributed by atoms with Crippen molar-refractivity contribution in [3.63, 3.8) is 0 Å². The number of hydrogen-bond donors (Lipinski definition) is 9. The first-order chi connectivity index (χ1) is 60.6. The molecule has 0 aliphatic rings. The zero-order chi connectivity index (χ0) is 98.4. The molecule has 4 heterocycles. The Morgan fingerprint density at radius 2 is 0.698 bits per heavy atom. The van der Waals surface area contributed by atoms with Crippen molar-refractivity contribution in [3.05, 3.63) is 219 Å². The fourth-order valence-corrected chi connectivity index (χ4v) is 15.0. The summed E-state index contributed by atoms with van der Waals surface area (Å²) >= 11 is 3.52. The van der Waals surface area contributed by atoms with E-state index in [2.05, 4.69) is 378 Å². The van der Waals surface area contributed by atoms with Gasteiger partial charge < -0.3 is 75.1 Å². The number of aryl methyl sites for hydroxylation is 1. The van der Waals surface area contributed by atoms with Crippen molar-refractivity contribution in [2.75, 3.05) is 114 Å². The van der Waals surface area contributed by atoms with Gasteiger partial charge in [-0.15, -0.1) is 0 Å². The van der Waals surface area contributed by atoms with Gasteiger partial charge in [-0.3, -0.25) is 0 Å². The molecule has 11 aromatic rings. The predicted molar refractivity (Wildman–Crippen MR) is 623 cm³/mol. The number of fused-ring (bicyclic) bond motifs is 4. The summed E-state index contributed by atoms with van der Waals surface area (Å²) in [5.41, 5.74) is 30.3. The number of aromatic nitrogens is 4. The second kappa shape index (κ2) is 64.7. The number of H-pyrrole nitrogens is 4. The molecule has 0 saturated heterocycles. The van der Waals surface area contributed by atoms with Crippen LogP contribution in [0, 0.1) is 50.2 Å². The molecule has 0 aliphatic carbocycles. The molecular formula is C122H213BrN10O6+2. The number of nitrogens with two attached hydrogens (primary N) is 2. The van der Waals surface area contributed by atoms with Crippen LogP contribution < -0.4 is 36.3 Å². The molecule has 4 aromatic heterocycles. The van der Waals surface area contributed by atoms with Crippen LogP contribution >= 0.6 is 15.9 Å². The zero-order valence-corrected chi connectivity index (χ0v) is 89.4. The van der Waals surface area contributed by atoms with Gasteiger partial charge in [0.25, 0.3) is 0 Å². The number of nitrogens with one attached hydrogen (secondary N) is 6. The van der Waals surface area contributed by atoms with Gasteiger partial charge in [-0.25, -0.2) is 4.79 Å². The zero-order valence-electron chi connectivity index (χ0n) is 87.8. The molecule has 7 aromatic carbocycles. The fourth-order valence-electron chi connectivity index (χ4n) is 14.6. The molecule has 139 heavy (non-hydrogen) atoms. The number of carbonyl (C=O) groups is 1. The number of aromatic amines is 4. The van der Waals surface area contributed by atoms with E-state index in [9.17, 15) is 9.90 Å². The number of hydrogen-bond acceptors (Lipinski definition) is 9. The number of phenols is 1. The number of ether oxygens (including phenoxy) is 4. The Morgan fingerprint density at radius 3 is 1.05 bits per heavy atom. The van der Waals surface area contributed by atoms with E-state index >= 15 is 0 Å². The maximum atomic E-state index is 11.3. The first-order valence-corrected chi connectivity index (χ1v) is 48.9. The summed E-state index contributed by atoms with van der Waals surface area (Å²) < 4.78 is 25.1. The number of unbranched alkanes of at least 4 members (excludes halogenated alkanes) is 2. The Labute approximate surface area is 862 Å². The number of nitrogen functional groups attached to an aromatic ring is 1. The lowest BCUT2D eigenvalue weighted by Crippen LogP contribution is -2.39. The predicted octanol–water partition coefficient (Wildman–Crippen LogP) is 33.5. The fraction of sp³-hybridized carbons (Fsp3) is 0.582. The lowest BCUT2D eigenvalue weighted by molar-refractivity contribution is -0.870. The average Bonchev–Trinajstić information content (AvgIpc) is 1.69. The highest BCUT2D eigenvalue weighted by atomic mass is 79.9. The smallest absolute Gasteiger partial charge is 0.407 e. The number of carbonyl (C=O) groups excluding carboxylic acids is 1. The first kappa shape index (κ1) is 139. The number of amides is 1. The molecule has 0 saturated carbocycles. The van der Waals surface area contributed by atoms with E-state index in [4.69, 9.17) is 30.4 Å². The minimum absolute atomic E-state index is 0. The Kier molecular flexibility index (Phi) is 64.6. The van der Waals surface area contributed by atoms with E-state index in [0.717, 1.165) is 151 Å². The van der Waals surface area contributed by atoms with Crippen molar-refractivity contribution in [3.8, 4) is 23.0 Å². The summed E-state index contributed by atoms with van der Waals surface area (Å²) in [6.07, 6.45) is 23.3. The van der Waals surface area contributed by atoms with Crippen LogP contribution in [-0.4, -0.2) is 149 Å². The number of rotatable bonds is 29. The van der Waals surface area contributed by atoms with Gasteiger partial charge in [0.1, 0.15) is 36.1 Å². The van der Waals surface area contributed by atoms with Gasteiger partial charge in [0, 0.05) is 85.1 Å². The van der Waals surface area contributed by atoms with E-state index in [-0.39, 0.29) is 70.9 Å². The molecule has 0 aliphatic heterocycles. The third-order valence-electron chi connectivity index (χ3n) is 20.6. The standard InChI is InChI=1S/C18H32NO.C15H25NO.C14H30N2O2.C14H23NO.C14H19N.C13H16BrN.C13H18N2.C13H17NO.8CH4/c1-18(2,3)15-16-9-11-17(12-10-16)20-14-8-7-13-19(4,5)6;1-15(2,3)12-13-6-8-14(9-7-13)17-11-5-10-16-4;1-14(2,3)9-7-8-10-15-13(17)18-12-11-16(4,5)6;1-14(2,3)11-12-5-7-13(8-6-12)16-10-4-9-15;1-10-5-6-13-12(7-10)11(9-15-13)8-14(2,3)4;2*1-13(2,3)7-9-8-15-12-5-4-10(14)6-11(9)12;1-13(2,3)7-9-8-14-12-5-4-10(15)6-11(9)12;;;;;;;;/h9-12H,7-8,13-15H2,1-6H3;6-9,16H,5,10-12H2,1-4H3;7-12H2,1-6H3;5-8H,4,9-11,15H2,1-3H3;5-7,9,15H,8H2,1-4H3;4-6,8,15H,7H2,1-3H3;4-6,8,15H,7,14H2,1-3H3;4-6,8,14-15H,7H2,1-3H3;8*1H4/q+1;;;;;;;;;;;;;;;/p+1. The van der Waals surface area contributed by atoms with Crippen LogP contribution in [0.5, 0.6) is 23.0 Å². The van der Waals surface area contributed by atoms with Crippen LogP contribution in [0.15, 0.2) is 175 Å². The van der Waals surface area contributed by atoms with Crippen LogP contribution in [-0.2, 0) is 49.7 Å². The van der Waals surface area contributed by atoms with E-state index < -0.39 is 0 Å². The Balaban J connectivity index is -0.000000489. The number of phenolic OH excluding ortho intramolecular Hbond substituents is 1. The minimum Gasteiger partial charge on any atom is -0.508 e. The van der Waals surface area contributed by atoms with Gasteiger partial charge in [-0.1, -0.05) is 296 Å². The Morgan fingerprint density at radius 1 is 0.367 bits per heavy atom. The summed E-state index contributed by atoms with van der Waals surface area (Å²) in [6, 6.07) is 49.8. The molecule has 0 fully saturated rings. The highest BCUT2D eigenvalue weighted by Crippen LogP contribution is 2.34. The molecule has 0 unspecified atom stereocenters. The molecule has 0 bridgehead atoms. The number of benzene rings is 7. The third kappa shape index (κ3) is 64.4. The molecule has 17 heteroatoms. The van der Waals surface area contributed by atoms with Crippen LogP contribution in [0.4, 0.5) is 10.5 Å². The van der Waals surface area contributed by atoms with Crippen molar-refractivity contribution in [2.45, 2.75) is 322 Å². The number of alkyl carbamates (subject to hydrolysis) is 1. The van der Waals surface area contributed by atoms with Crippen molar-refractivity contribution < 1.29 is 37.8 Å². The minimum atomic E-state index is -0.292. The molecule has 0 atom stereocenters. The molecule has 0 spiro atoms. The van der Waals surface area contributed by atoms with Crippen LogP contribution in [0.3, 0.4) is 0 Å². The topological polar surface area (TPSA) is 213 Å². The summed E-state index contributed by atoms with van der Waals surface area (Å²) in [6.45, 7) is 63.4.